The van der Waals surface area contributed by atoms with Gasteiger partial charge in [-0.05, 0) is 87.4 Å². The van der Waals surface area contributed by atoms with E-state index in [1.54, 1.807) is 99.7 Å². The van der Waals surface area contributed by atoms with Gasteiger partial charge in [-0.15, -0.1) is 0 Å². The molecule has 0 bridgehead atoms. The third kappa shape index (κ3) is 6.79. The quantitative estimate of drug-likeness (QED) is 0.113. The minimum Gasteiger partial charge on any atom is -0.494 e. The number of fused-ring (bicyclic) bond motifs is 1. The number of nitrogens with zero attached hydrogens (tertiary/aromatic N) is 4. The standard InChI is InChI=1S/C36H36N4O7/c1-6-47-28-16-14-27(15-17-28)39-34(37-30-10-8-7-9-29(30)36(39)42)24(3)38(20-19-25-12-18-32(45-4)33(21-25)46-5)35(41)26-13-11-23(2)31(22-26)40(43)44/h7-18,21-22,24H,6,19-20H2,1-5H3. The molecule has 0 radical (unpaired) electrons. The number of methoxy groups -OCH3 is 2. The molecule has 1 heterocycles. The lowest BCUT2D eigenvalue weighted by Crippen LogP contribution is -2.38. The first-order valence-corrected chi connectivity index (χ1v) is 15.2. The second kappa shape index (κ2) is 14.2. The van der Waals surface area contributed by atoms with Gasteiger partial charge in [-0.2, -0.15) is 0 Å². The molecule has 0 spiro atoms. The summed E-state index contributed by atoms with van der Waals surface area (Å²) in [6.07, 6.45) is 0.408. The first kappa shape index (κ1) is 32.7. The molecular formula is C36H36N4O7. The first-order valence-electron chi connectivity index (χ1n) is 15.2. The number of carbonyl (C=O) groups is 1. The summed E-state index contributed by atoms with van der Waals surface area (Å²) >= 11 is 0. The summed E-state index contributed by atoms with van der Waals surface area (Å²) in [6.45, 7) is 6.01. The monoisotopic (exact) mass is 636 g/mol. The van der Waals surface area contributed by atoms with Crippen LogP contribution in [0.3, 0.4) is 0 Å². The molecule has 11 heteroatoms. The van der Waals surface area contributed by atoms with Gasteiger partial charge in [0.05, 0.1) is 48.4 Å². The summed E-state index contributed by atoms with van der Waals surface area (Å²) < 4.78 is 18.0. The fourth-order valence-corrected chi connectivity index (χ4v) is 5.54. The largest absolute Gasteiger partial charge is 0.494 e. The number of hydrogen-bond donors (Lipinski definition) is 0. The number of rotatable bonds is 12. The molecule has 0 fully saturated rings. The normalized spacial score (nSPS) is 11.6. The molecule has 1 unspecified atom stereocenters. The molecular weight excluding hydrogens is 600 g/mol. The minimum absolute atomic E-state index is 0.150. The molecule has 1 aromatic heterocycles. The average Bonchev–Trinajstić information content (AvgIpc) is 3.08. The van der Waals surface area contributed by atoms with E-state index in [-0.39, 0.29) is 23.4 Å². The lowest BCUT2D eigenvalue weighted by molar-refractivity contribution is -0.385. The van der Waals surface area contributed by atoms with Crippen molar-refractivity contribution in [2.24, 2.45) is 0 Å². The Morgan fingerprint density at radius 3 is 2.38 bits per heavy atom. The van der Waals surface area contributed by atoms with Crippen LogP contribution in [0.5, 0.6) is 17.2 Å². The van der Waals surface area contributed by atoms with Gasteiger partial charge in [0.15, 0.2) is 11.5 Å². The van der Waals surface area contributed by atoms with Crippen LogP contribution in [-0.4, -0.2) is 52.7 Å². The van der Waals surface area contributed by atoms with Gasteiger partial charge in [-0.3, -0.25) is 24.3 Å². The summed E-state index contributed by atoms with van der Waals surface area (Å²) in [5.41, 5.74) is 2.06. The fraction of sp³-hybridized carbons (Fsp3) is 0.250. The molecule has 0 aliphatic carbocycles. The van der Waals surface area contributed by atoms with E-state index in [0.29, 0.717) is 58.3 Å². The Labute approximate surface area is 272 Å². The van der Waals surface area contributed by atoms with Crippen LogP contribution in [0.25, 0.3) is 16.6 Å². The van der Waals surface area contributed by atoms with E-state index in [0.717, 1.165) is 5.56 Å². The third-order valence-corrected chi connectivity index (χ3v) is 8.05. The fourth-order valence-electron chi connectivity index (χ4n) is 5.54. The molecule has 242 valence electrons. The smallest absolute Gasteiger partial charge is 0.273 e. The molecule has 47 heavy (non-hydrogen) atoms. The second-order valence-electron chi connectivity index (χ2n) is 10.9. The number of hydrogen-bond acceptors (Lipinski definition) is 8. The Morgan fingerprint density at radius 1 is 0.979 bits per heavy atom. The summed E-state index contributed by atoms with van der Waals surface area (Å²) in [5.74, 6) is 1.66. The number of aromatic nitrogens is 2. The van der Waals surface area contributed by atoms with Crippen LogP contribution >= 0.6 is 0 Å². The Balaban J connectivity index is 1.64. The topological polar surface area (TPSA) is 126 Å². The maximum Gasteiger partial charge on any atom is 0.273 e. The van der Waals surface area contributed by atoms with Gasteiger partial charge in [-0.1, -0.05) is 24.3 Å². The minimum atomic E-state index is -0.744. The molecule has 4 aromatic carbocycles. The summed E-state index contributed by atoms with van der Waals surface area (Å²) in [4.78, 5) is 46.2. The molecule has 1 amide bonds. The van der Waals surface area contributed by atoms with E-state index in [2.05, 4.69) is 0 Å². The SMILES string of the molecule is CCOc1ccc(-n2c(C(C)N(CCc3ccc(OC)c(OC)c3)C(=O)c3ccc(C)c([N+](=O)[O-])c3)nc3ccccc3c2=O)cc1. The summed E-state index contributed by atoms with van der Waals surface area (Å²) in [6, 6.07) is 23.4. The molecule has 0 saturated carbocycles. The van der Waals surface area contributed by atoms with Crippen molar-refractivity contribution in [3.8, 4) is 22.9 Å². The van der Waals surface area contributed by atoms with Crippen molar-refractivity contribution in [2.45, 2.75) is 33.2 Å². The van der Waals surface area contributed by atoms with Gasteiger partial charge in [-0.25, -0.2) is 4.98 Å². The van der Waals surface area contributed by atoms with Crippen molar-refractivity contribution in [1.82, 2.24) is 14.5 Å². The zero-order valence-electron chi connectivity index (χ0n) is 26.9. The van der Waals surface area contributed by atoms with E-state index in [1.165, 1.54) is 10.6 Å². The second-order valence-corrected chi connectivity index (χ2v) is 10.9. The van der Waals surface area contributed by atoms with Gasteiger partial charge in [0.25, 0.3) is 17.2 Å². The van der Waals surface area contributed by atoms with Crippen LogP contribution in [0.2, 0.25) is 0 Å². The highest BCUT2D eigenvalue weighted by Crippen LogP contribution is 2.30. The first-order chi connectivity index (χ1) is 22.7. The van der Waals surface area contributed by atoms with Crippen molar-refractivity contribution < 1.29 is 23.9 Å². The van der Waals surface area contributed by atoms with Gasteiger partial charge < -0.3 is 19.1 Å². The number of nitro benzene ring substituents is 1. The van der Waals surface area contributed by atoms with Crippen LogP contribution in [0, 0.1) is 17.0 Å². The number of ether oxygens (including phenoxy) is 3. The molecule has 1 atom stereocenters. The highest BCUT2D eigenvalue weighted by Gasteiger charge is 2.29. The highest BCUT2D eigenvalue weighted by atomic mass is 16.6. The van der Waals surface area contributed by atoms with E-state index in [1.807, 2.05) is 19.1 Å². The van der Waals surface area contributed by atoms with Crippen molar-refractivity contribution in [3.05, 3.63) is 128 Å². The lowest BCUT2D eigenvalue weighted by Gasteiger charge is -2.31. The van der Waals surface area contributed by atoms with Gasteiger partial charge >= 0.3 is 0 Å². The summed E-state index contributed by atoms with van der Waals surface area (Å²) in [7, 11) is 3.11. The number of aryl methyl sites for hydroxylation is 1. The molecule has 0 aliphatic rings. The lowest BCUT2D eigenvalue weighted by atomic mass is 10.1. The predicted octanol–water partition coefficient (Wildman–Crippen LogP) is 6.46. The maximum absolute atomic E-state index is 14.3. The van der Waals surface area contributed by atoms with Crippen molar-refractivity contribution >= 4 is 22.5 Å². The van der Waals surface area contributed by atoms with E-state index in [9.17, 15) is 19.7 Å². The van der Waals surface area contributed by atoms with Crippen LogP contribution in [0.15, 0.2) is 89.7 Å². The van der Waals surface area contributed by atoms with E-state index < -0.39 is 16.9 Å². The molecule has 0 saturated heterocycles. The van der Waals surface area contributed by atoms with Crippen molar-refractivity contribution in [2.75, 3.05) is 27.4 Å². The van der Waals surface area contributed by atoms with Crippen LogP contribution in [0.1, 0.15) is 47.2 Å². The molecule has 0 aliphatic heterocycles. The zero-order valence-corrected chi connectivity index (χ0v) is 26.9. The van der Waals surface area contributed by atoms with Crippen molar-refractivity contribution in [3.63, 3.8) is 0 Å². The predicted molar refractivity (Wildman–Crippen MR) is 179 cm³/mol. The Kier molecular flexibility index (Phi) is 9.84. The summed E-state index contributed by atoms with van der Waals surface area (Å²) in [5, 5.41) is 12.2. The van der Waals surface area contributed by atoms with Crippen LogP contribution in [-0.2, 0) is 6.42 Å². The Bertz CT molecular complexity index is 1990. The highest BCUT2D eigenvalue weighted by molar-refractivity contribution is 5.95. The maximum atomic E-state index is 14.3. The number of amides is 1. The molecule has 11 nitrogen and oxygen atoms in total. The van der Waals surface area contributed by atoms with Gasteiger partial charge in [0, 0.05) is 23.7 Å². The molecule has 5 aromatic rings. The van der Waals surface area contributed by atoms with Crippen molar-refractivity contribution in [1.29, 1.82) is 0 Å². The number of benzene rings is 4. The zero-order chi connectivity index (χ0) is 33.7. The van der Waals surface area contributed by atoms with E-state index >= 15 is 0 Å². The van der Waals surface area contributed by atoms with E-state index in [4.69, 9.17) is 19.2 Å². The van der Waals surface area contributed by atoms with Gasteiger partial charge in [0.1, 0.15) is 11.6 Å². The number of carbonyl (C=O) groups excluding carboxylic acids is 1. The van der Waals surface area contributed by atoms with Crippen LogP contribution in [0.4, 0.5) is 5.69 Å². The molecule has 5 rings (SSSR count). The van der Waals surface area contributed by atoms with Gasteiger partial charge in [0.2, 0.25) is 0 Å². The Hall–Kier alpha value is -5.71. The van der Waals surface area contributed by atoms with Crippen LogP contribution < -0.4 is 19.8 Å². The molecule has 0 N–H and O–H groups in total. The third-order valence-electron chi connectivity index (χ3n) is 8.05. The Morgan fingerprint density at radius 2 is 1.70 bits per heavy atom. The number of para-hydroxylation sites is 1. The number of nitro groups is 1. The average molecular weight is 637 g/mol.